The van der Waals surface area contributed by atoms with E-state index in [1.807, 2.05) is 6.07 Å². The molecule has 134 valence electrons. The molecule has 0 saturated heterocycles. The van der Waals surface area contributed by atoms with Crippen LogP contribution in [0.2, 0.25) is 0 Å². The van der Waals surface area contributed by atoms with E-state index in [0.29, 0.717) is 24.8 Å². The summed E-state index contributed by atoms with van der Waals surface area (Å²) >= 11 is -0.110. The van der Waals surface area contributed by atoms with Crippen molar-refractivity contribution in [3.63, 3.8) is 0 Å². The normalized spacial score (nSPS) is 11.5. The molecule has 0 spiro atoms. The number of carbonyl (C=O) groups is 1. The summed E-state index contributed by atoms with van der Waals surface area (Å²) in [4.78, 5) is 12.1. The number of Topliss-reactive ketones (excluding diaryl/α,β-unsaturated/α-hetero) is 1. The van der Waals surface area contributed by atoms with Crippen LogP contribution in [0.4, 0.5) is 17.6 Å². The third kappa shape index (κ3) is 7.30. The molecule has 0 aliphatic heterocycles. The van der Waals surface area contributed by atoms with E-state index in [4.69, 9.17) is 0 Å². The summed E-state index contributed by atoms with van der Waals surface area (Å²) in [6.07, 6.45) is 3.38. The molecule has 0 bridgehead atoms. The molecule has 0 amide bonds. The van der Waals surface area contributed by atoms with Crippen molar-refractivity contribution in [3.8, 4) is 0 Å². The van der Waals surface area contributed by atoms with Gasteiger partial charge in [0.1, 0.15) is 5.82 Å². The third-order valence-corrected chi connectivity index (χ3v) is 4.39. The van der Waals surface area contributed by atoms with Gasteiger partial charge in [0.2, 0.25) is 0 Å². The van der Waals surface area contributed by atoms with Crippen molar-refractivity contribution >= 4 is 17.5 Å². The van der Waals surface area contributed by atoms with Crippen LogP contribution in [0.25, 0.3) is 0 Å². The maximum Gasteiger partial charge on any atom is 0.446 e. The molecule has 0 aromatic heterocycles. The van der Waals surface area contributed by atoms with Gasteiger partial charge < -0.3 is 0 Å². The van der Waals surface area contributed by atoms with E-state index in [2.05, 4.69) is 0 Å². The predicted octanol–water partition coefficient (Wildman–Crippen LogP) is 6.42. The number of rotatable bonds is 8. The molecule has 0 aliphatic rings. The van der Waals surface area contributed by atoms with Crippen molar-refractivity contribution in [2.24, 2.45) is 0 Å². The van der Waals surface area contributed by atoms with Crippen LogP contribution in [0, 0.1) is 5.82 Å². The summed E-state index contributed by atoms with van der Waals surface area (Å²) in [5.41, 5.74) is -2.92. The SMILES string of the molecule is O=C(CCCCCc1cccc(SC(F)(F)F)c1)c1ccc(F)cc1. The Morgan fingerprint density at radius 2 is 1.68 bits per heavy atom. The first kappa shape index (κ1) is 19.5. The topological polar surface area (TPSA) is 17.1 Å². The van der Waals surface area contributed by atoms with E-state index in [1.165, 1.54) is 30.3 Å². The quantitative estimate of drug-likeness (QED) is 0.231. The fourth-order valence-corrected chi connectivity index (χ4v) is 3.09. The second-order valence-electron chi connectivity index (χ2n) is 5.69. The average Bonchev–Trinajstić information content (AvgIpc) is 2.54. The Morgan fingerprint density at radius 1 is 0.960 bits per heavy atom. The lowest BCUT2D eigenvalue weighted by atomic mass is 10.0. The zero-order valence-electron chi connectivity index (χ0n) is 13.5. The molecular formula is C19H18F4OS. The summed E-state index contributed by atoms with van der Waals surface area (Å²) in [7, 11) is 0. The Bertz CT molecular complexity index is 695. The first-order valence-corrected chi connectivity index (χ1v) is 8.78. The molecular weight excluding hydrogens is 352 g/mol. The Hall–Kier alpha value is -1.82. The van der Waals surface area contributed by atoms with Gasteiger partial charge in [0.05, 0.1) is 0 Å². The molecule has 0 fully saturated rings. The van der Waals surface area contributed by atoms with E-state index >= 15 is 0 Å². The highest BCUT2D eigenvalue weighted by Gasteiger charge is 2.29. The number of halogens is 4. The molecule has 1 nitrogen and oxygen atoms in total. The van der Waals surface area contributed by atoms with Gasteiger partial charge >= 0.3 is 5.51 Å². The molecule has 2 aromatic rings. The number of aryl methyl sites for hydroxylation is 1. The minimum atomic E-state index is -4.28. The van der Waals surface area contributed by atoms with Crippen molar-refractivity contribution in [2.45, 2.75) is 42.5 Å². The van der Waals surface area contributed by atoms with Gasteiger partial charge in [0.15, 0.2) is 5.78 Å². The van der Waals surface area contributed by atoms with Crippen molar-refractivity contribution in [2.75, 3.05) is 0 Å². The first-order chi connectivity index (χ1) is 11.8. The number of ketones is 1. The first-order valence-electron chi connectivity index (χ1n) is 7.97. The number of thioether (sulfide) groups is 1. The second kappa shape index (κ2) is 9.04. The molecule has 0 N–H and O–H groups in total. The lowest BCUT2D eigenvalue weighted by Crippen LogP contribution is -2.00. The van der Waals surface area contributed by atoms with E-state index in [0.717, 1.165) is 18.4 Å². The Balaban J connectivity index is 1.71. The van der Waals surface area contributed by atoms with Crippen molar-refractivity contribution < 1.29 is 22.4 Å². The van der Waals surface area contributed by atoms with Crippen LogP contribution in [0.5, 0.6) is 0 Å². The molecule has 0 aliphatic carbocycles. The van der Waals surface area contributed by atoms with Crippen LogP contribution < -0.4 is 0 Å². The van der Waals surface area contributed by atoms with E-state index in [9.17, 15) is 22.4 Å². The molecule has 0 heterocycles. The van der Waals surface area contributed by atoms with Gasteiger partial charge in [-0.05, 0) is 73.0 Å². The van der Waals surface area contributed by atoms with Gasteiger partial charge in [0, 0.05) is 16.9 Å². The van der Waals surface area contributed by atoms with Crippen molar-refractivity contribution in [1.82, 2.24) is 0 Å². The van der Waals surface area contributed by atoms with Crippen LogP contribution in [0.3, 0.4) is 0 Å². The van der Waals surface area contributed by atoms with E-state index < -0.39 is 5.51 Å². The largest absolute Gasteiger partial charge is 0.446 e. The number of alkyl halides is 3. The molecule has 6 heteroatoms. The summed E-state index contributed by atoms with van der Waals surface area (Å²) < 4.78 is 49.9. The number of hydrogen-bond donors (Lipinski definition) is 0. The molecule has 0 radical (unpaired) electrons. The molecule has 0 saturated carbocycles. The average molecular weight is 370 g/mol. The minimum absolute atomic E-state index is 0.0245. The lowest BCUT2D eigenvalue weighted by Gasteiger charge is -2.07. The maximum absolute atomic E-state index is 12.8. The zero-order valence-corrected chi connectivity index (χ0v) is 14.3. The summed E-state index contributed by atoms with van der Waals surface area (Å²) in [5.74, 6) is -0.397. The van der Waals surface area contributed by atoms with Gasteiger partial charge in [-0.1, -0.05) is 18.6 Å². The Kier molecular flexibility index (Phi) is 7.05. The van der Waals surface area contributed by atoms with Crippen LogP contribution in [-0.4, -0.2) is 11.3 Å². The van der Waals surface area contributed by atoms with Gasteiger partial charge in [-0.15, -0.1) is 0 Å². The van der Waals surface area contributed by atoms with Gasteiger partial charge in [0.25, 0.3) is 0 Å². The Morgan fingerprint density at radius 3 is 2.36 bits per heavy atom. The fourth-order valence-electron chi connectivity index (χ4n) is 2.47. The number of hydrogen-bond acceptors (Lipinski definition) is 2. The Labute approximate surface area is 148 Å². The lowest BCUT2D eigenvalue weighted by molar-refractivity contribution is -0.0328. The number of carbonyl (C=O) groups excluding carboxylic acids is 1. The standard InChI is InChI=1S/C19H18F4OS/c20-16-11-9-15(10-12-16)18(24)8-3-1-2-5-14-6-4-7-17(13-14)25-19(21,22)23/h4,6-7,9-13H,1-3,5,8H2. The summed E-state index contributed by atoms with van der Waals surface area (Å²) in [6, 6.07) is 11.9. The molecule has 0 unspecified atom stereocenters. The van der Waals surface area contributed by atoms with Gasteiger partial charge in [-0.25, -0.2) is 4.39 Å². The zero-order chi connectivity index (χ0) is 18.3. The molecule has 25 heavy (non-hydrogen) atoms. The highest BCUT2D eigenvalue weighted by molar-refractivity contribution is 8.00. The minimum Gasteiger partial charge on any atom is -0.294 e. The number of benzene rings is 2. The second-order valence-corrected chi connectivity index (χ2v) is 6.82. The third-order valence-electron chi connectivity index (χ3n) is 3.67. The van der Waals surface area contributed by atoms with Gasteiger partial charge in [-0.3, -0.25) is 4.79 Å². The fraction of sp³-hybridized carbons (Fsp3) is 0.316. The van der Waals surface area contributed by atoms with E-state index in [-0.39, 0.29) is 28.3 Å². The van der Waals surface area contributed by atoms with Crippen LogP contribution in [0.15, 0.2) is 53.4 Å². The number of unbranched alkanes of at least 4 members (excludes halogenated alkanes) is 2. The molecule has 2 rings (SSSR count). The van der Waals surface area contributed by atoms with E-state index in [1.54, 1.807) is 12.1 Å². The smallest absolute Gasteiger partial charge is 0.294 e. The highest BCUT2D eigenvalue weighted by Crippen LogP contribution is 2.37. The van der Waals surface area contributed by atoms with Crippen LogP contribution >= 0.6 is 11.8 Å². The van der Waals surface area contributed by atoms with Gasteiger partial charge in [-0.2, -0.15) is 13.2 Å². The monoisotopic (exact) mass is 370 g/mol. The van der Waals surface area contributed by atoms with Crippen LogP contribution in [-0.2, 0) is 6.42 Å². The molecule has 0 atom stereocenters. The predicted molar refractivity (Wildman–Crippen MR) is 91.3 cm³/mol. The van der Waals surface area contributed by atoms with Crippen molar-refractivity contribution in [1.29, 1.82) is 0 Å². The highest BCUT2D eigenvalue weighted by atomic mass is 32.2. The maximum atomic E-state index is 12.8. The summed E-state index contributed by atoms with van der Waals surface area (Å²) in [5, 5.41) is 0. The van der Waals surface area contributed by atoms with Crippen molar-refractivity contribution in [3.05, 3.63) is 65.5 Å². The summed E-state index contributed by atoms with van der Waals surface area (Å²) in [6.45, 7) is 0. The molecule has 2 aromatic carbocycles. The van der Waals surface area contributed by atoms with Crippen LogP contribution in [0.1, 0.15) is 41.6 Å².